The summed E-state index contributed by atoms with van der Waals surface area (Å²) in [6.45, 7) is 0. The van der Waals surface area contributed by atoms with E-state index in [2.05, 4.69) is 15.0 Å². The summed E-state index contributed by atoms with van der Waals surface area (Å²) < 4.78 is 0. The first kappa shape index (κ1) is 14.1. The van der Waals surface area contributed by atoms with Crippen molar-refractivity contribution in [3.05, 3.63) is 53.4 Å². The van der Waals surface area contributed by atoms with Gasteiger partial charge in [-0.2, -0.15) is 0 Å². The highest BCUT2D eigenvalue weighted by Gasteiger charge is 2.14. The molecule has 0 saturated carbocycles. The highest BCUT2D eigenvalue weighted by Crippen LogP contribution is 2.32. The minimum atomic E-state index is -1.04. The van der Waals surface area contributed by atoms with Crippen LogP contribution in [0.4, 0.5) is 5.95 Å². The Morgan fingerprint density at radius 2 is 2.09 bits per heavy atom. The molecule has 0 aliphatic carbocycles. The molecule has 7 heteroatoms. The van der Waals surface area contributed by atoms with E-state index in [1.54, 1.807) is 24.5 Å². The minimum absolute atomic E-state index is 0.0734. The van der Waals surface area contributed by atoms with Gasteiger partial charge in [-0.1, -0.05) is 23.7 Å². The highest BCUT2D eigenvalue weighted by molar-refractivity contribution is 6.30. The van der Waals surface area contributed by atoms with Crippen LogP contribution in [0.1, 0.15) is 10.5 Å². The van der Waals surface area contributed by atoms with Gasteiger partial charge in [0.25, 0.3) is 0 Å². The smallest absolute Gasteiger partial charge is 0.352 e. The number of halogens is 1. The molecular formula is C15H11ClN4O2. The van der Waals surface area contributed by atoms with Gasteiger partial charge < -0.3 is 15.8 Å². The van der Waals surface area contributed by atoms with Crippen LogP contribution in [-0.4, -0.2) is 26.0 Å². The average Bonchev–Trinajstić information content (AvgIpc) is 2.97. The van der Waals surface area contributed by atoms with Crippen molar-refractivity contribution in [3.63, 3.8) is 0 Å². The summed E-state index contributed by atoms with van der Waals surface area (Å²) in [5.41, 5.74) is 8.43. The van der Waals surface area contributed by atoms with E-state index in [1.165, 1.54) is 6.07 Å². The van der Waals surface area contributed by atoms with Crippen LogP contribution in [0.15, 0.2) is 42.7 Å². The number of nitrogen functional groups attached to an aromatic ring is 1. The molecule has 22 heavy (non-hydrogen) atoms. The van der Waals surface area contributed by atoms with Gasteiger partial charge in [0, 0.05) is 28.5 Å². The summed E-state index contributed by atoms with van der Waals surface area (Å²) >= 11 is 6.02. The molecule has 3 aromatic rings. The molecule has 3 rings (SSSR count). The summed E-state index contributed by atoms with van der Waals surface area (Å²) in [4.78, 5) is 21.9. The van der Waals surface area contributed by atoms with E-state index in [0.29, 0.717) is 21.8 Å². The number of nitrogens with two attached hydrogens (primary N) is 1. The zero-order valence-corrected chi connectivity index (χ0v) is 12.0. The van der Waals surface area contributed by atoms with Crippen molar-refractivity contribution in [2.24, 2.45) is 0 Å². The number of aromatic nitrogens is 3. The maximum atomic E-state index is 11.0. The molecule has 110 valence electrons. The quantitative estimate of drug-likeness (QED) is 0.689. The Labute approximate surface area is 130 Å². The minimum Gasteiger partial charge on any atom is -0.477 e. The Hall–Kier alpha value is -2.86. The Balaban J connectivity index is 2.17. The van der Waals surface area contributed by atoms with E-state index in [1.807, 2.05) is 12.1 Å². The van der Waals surface area contributed by atoms with E-state index in [4.69, 9.17) is 22.4 Å². The van der Waals surface area contributed by atoms with Crippen LogP contribution in [0.2, 0.25) is 5.02 Å². The lowest BCUT2D eigenvalue weighted by atomic mass is 10.0. The third-order valence-electron chi connectivity index (χ3n) is 3.13. The van der Waals surface area contributed by atoms with Gasteiger partial charge in [0.05, 0.1) is 5.69 Å². The van der Waals surface area contributed by atoms with Crippen molar-refractivity contribution in [1.29, 1.82) is 0 Å². The van der Waals surface area contributed by atoms with Crippen LogP contribution in [0.3, 0.4) is 0 Å². The number of nitrogens with one attached hydrogen (secondary N) is 1. The van der Waals surface area contributed by atoms with Gasteiger partial charge in [0.15, 0.2) is 0 Å². The molecule has 1 aromatic carbocycles. The van der Waals surface area contributed by atoms with Gasteiger partial charge in [-0.3, -0.25) is 0 Å². The number of rotatable bonds is 3. The zero-order chi connectivity index (χ0) is 15.7. The summed E-state index contributed by atoms with van der Waals surface area (Å²) in [5.74, 6) is -0.934. The maximum Gasteiger partial charge on any atom is 0.352 e. The van der Waals surface area contributed by atoms with Gasteiger partial charge in [-0.05, 0) is 23.8 Å². The number of carbonyl (C=O) groups is 1. The van der Waals surface area contributed by atoms with Gasteiger partial charge in [0.1, 0.15) is 5.69 Å². The fourth-order valence-electron chi connectivity index (χ4n) is 2.14. The topological polar surface area (TPSA) is 105 Å². The maximum absolute atomic E-state index is 11.0. The number of carboxylic acids is 1. The molecule has 0 aliphatic heterocycles. The van der Waals surface area contributed by atoms with Crippen LogP contribution >= 0.6 is 11.6 Å². The predicted octanol–water partition coefficient (Wildman–Crippen LogP) is 3.07. The first-order chi connectivity index (χ1) is 10.5. The first-order valence-corrected chi connectivity index (χ1v) is 6.73. The number of nitrogens with zero attached hydrogens (tertiary/aromatic N) is 2. The number of aromatic amines is 1. The van der Waals surface area contributed by atoms with Gasteiger partial charge in [-0.25, -0.2) is 14.8 Å². The fraction of sp³-hybridized carbons (Fsp3) is 0. The fourth-order valence-corrected chi connectivity index (χ4v) is 2.33. The summed E-state index contributed by atoms with van der Waals surface area (Å²) in [5, 5.41) is 9.60. The molecule has 2 heterocycles. The molecule has 0 aliphatic rings. The monoisotopic (exact) mass is 314 g/mol. The van der Waals surface area contributed by atoms with Crippen LogP contribution in [0.5, 0.6) is 0 Å². The Bertz CT molecular complexity index is 860. The van der Waals surface area contributed by atoms with E-state index < -0.39 is 5.97 Å². The third kappa shape index (κ3) is 2.64. The molecule has 0 unspecified atom stereocenters. The molecule has 4 N–H and O–H groups in total. The largest absolute Gasteiger partial charge is 0.477 e. The van der Waals surface area contributed by atoms with Crippen LogP contribution < -0.4 is 5.73 Å². The lowest BCUT2D eigenvalue weighted by Gasteiger charge is -2.08. The number of hydrogen-bond acceptors (Lipinski definition) is 4. The first-order valence-electron chi connectivity index (χ1n) is 6.35. The number of carboxylic acid groups (broad SMARTS) is 1. The van der Waals surface area contributed by atoms with E-state index in [0.717, 1.165) is 5.56 Å². The Morgan fingerprint density at radius 1 is 1.27 bits per heavy atom. The molecule has 2 aromatic heterocycles. The molecule has 0 atom stereocenters. The standard InChI is InChI=1S/C15H11ClN4O2/c16-10-3-1-2-8(4-10)11-7-19-15(17)20-13(11)9-5-12(14(21)22)18-6-9/h1-7,18H,(H,21,22)(H2,17,19,20). The Kier molecular flexibility index (Phi) is 3.52. The number of aromatic carboxylic acids is 1. The van der Waals surface area contributed by atoms with Crippen molar-refractivity contribution in [2.45, 2.75) is 0 Å². The molecule has 0 bridgehead atoms. The number of H-pyrrole nitrogens is 1. The lowest BCUT2D eigenvalue weighted by Crippen LogP contribution is -1.98. The molecule has 0 fully saturated rings. The summed E-state index contributed by atoms with van der Waals surface area (Å²) in [6.07, 6.45) is 3.16. The molecular weight excluding hydrogens is 304 g/mol. The molecule has 0 saturated heterocycles. The van der Waals surface area contributed by atoms with Gasteiger partial charge >= 0.3 is 5.97 Å². The van der Waals surface area contributed by atoms with Gasteiger partial charge in [-0.15, -0.1) is 0 Å². The third-order valence-corrected chi connectivity index (χ3v) is 3.36. The van der Waals surface area contributed by atoms with Crippen molar-refractivity contribution in [3.8, 4) is 22.4 Å². The van der Waals surface area contributed by atoms with Crippen molar-refractivity contribution in [2.75, 3.05) is 5.73 Å². The second-order valence-electron chi connectivity index (χ2n) is 4.61. The molecule has 0 radical (unpaired) electrons. The second-order valence-corrected chi connectivity index (χ2v) is 5.04. The number of benzene rings is 1. The molecule has 0 amide bonds. The molecule has 0 spiro atoms. The van der Waals surface area contributed by atoms with E-state index in [9.17, 15) is 4.79 Å². The van der Waals surface area contributed by atoms with E-state index >= 15 is 0 Å². The van der Waals surface area contributed by atoms with Crippen LogP contribution in [0, 0.1) is 0 Å². The summed E-state index contributed by atoms with van der Waals surface area (Å²) in [6, 6.07) is 8.73. The highest BCUT2D eigenvalue weighted by atomic mass is 35.5. The molecule has 6 nitrogen and oxygen atoms in total. The number of hydrogen-bond donors (Lipinski definition) is 3. The van der Waals surface area contributed by atoms with Crippen molar-refractivity contribution in [1.82, 2.24) is 15.0 Å². The Morgan fingerprint density at radius 3 is 2.77 bits per heavy atom. The average molecular weight is 315 g/mol. The van der Waals surface area contributed by atoms with Crippen molar-refractivity contribution >= 4 is 23.5 Å². The predicted molar refractivity (Wildman–Crippen MR) is 83.6 cm³/mol. The van der Waals surface area contributed by atoms with Crippen LogP contribution in [-0.2, 0) is 0 Å². The zero-order valence-electron chi connectivity index (χ0n) is 11.2. The van der Waals surface area contributed by atoms with E-state index in [-0.39, 0.29) is 11.6 Å². The normalized spacial score (nSPS) is 10.6. The lowest BCUT2D eigenvalue weighted by molar-refractivity contribution is 0.0691. The second kappa shape index (κ2) is 5.50. The van der Waals surface area contributed by atoms with Gasteiger partial charge in [0.2, 0.25) is 5.95 Å². The summed E-state index contributed by atoms with van der Waals surface area (Å²) in [7, 11) is 0. The van der Waals surface area contributed by atoms with Crippen molar-refractivity contribution < 1.29 is 9.90 Å². The van der Waals surface area contributed by atoms with Crippen LogP contribution in [0.25, 0.3) is 22.4 Å². The SMILES string of the molecule is Nc1ncc(-c2cccc(Cl)c2)c(-c2c[nH]c(C(=O)O)c2)n1. The number of anilines is 1.